The third-order valence-corrected chi connectivity index (χ3v) is 5.95. The largest absolute Gasteiger partial charge is 0.345 e. The highest BCUT2D eigenvalue weighted by Gasteiger charge is 2.22. The molecule has 0 saturated carbocycles. The molecule has 0 aliphatic carbocycles. The van der Waals surface area contributed by atoms with Gasteiger partial charge in [-0.1, -0.05) is 24.3 Å². The second-order valence-electron chi connectivity index (χ2n) is 6.98. The van der Waals surface area contributed by atoms with Gasteiger partial charge in [0.15, 0.2) is 5.13 Å². The number of nitrogens with one attached hydrogen (secondary N) is 1. The maximum absolute atomic E-state index is 11.9. The number of hydrogen-bond donors (Lipinski definition) is 1. The van der Waals surface area contributed by atoms with Gasteiger partial charge < -0.3 is 15.1 Å². The first-order valence-corrected chi connectivity index (χ1v) is 10.6. The molecule has 0 aromatic carbocycles. The van der Waals surface area contributed by atoms with Gasteiger partial charge in [-0.25, -0.2) is 15.0 Å². The summed E-state index contributed by atoms with van der Waals surface area (Å²) in [6.07, 6.45) is 4.22. The topological polar surface area (TPSA) is 74.2 Å². The average molecular weight is 409 g/mol. The molecule has 8 heteroatoms. The minimum Gasteiger partial charge on any atom is -0.345 e. The van der Waals surface area contributed by atoms with Crippen molar-refractivity contribution in [1.82, 2.24) is 19.9 Å². The molecule has 1 fully saturated rings. The Morgan fingerprint density at radius 3 is 2.72 bits per heavy atom. The van der Waals surface area contributed by atoms with E-state index in [1.54, 1.807) is 17.5 Å². The first kappa shape index (κ1) is 19.3. The number of aryl methyl sites for hydroxylation is 1. The lowest BCUT2D eigenvalue weighted by Crippen LogP contribution is -2.48. The van der Waals surface area contributed by atoms with Gasteiger partial charge in [0.1, 0.15) is 11.6 Å². The van der Waals surface area contributed by atoms with Crippen LogP contribution in [-0.2, 0) is 4.79 Å². The molecule has 0 atom stereocenters. The van der Waals surface area contributed by atoms with Crippen LogP contribution in [0.1, 0.15) is 18.9 Å². The summed E-state index contributed by atoms with van der Waals surface area (Å²) in [5, 5.41) is 4.24. The van der Waals surface area contributed by atoms with Crippen molar-refractivity contribution in [2.24, 2.45) is 0 Å². The highest BCUT2D eigenvalue weighted by atomic mass is 32.1. The molecule has 1 N–H and O–H groups in total. The molecule has 4 rings (SSSR count). The number of aromatic nitrogens is 3. The normalized spacial score (nSPS) is 14.1. The van der Waals surface area contributed by atoms with Crippen molar-refractivity contribution in [2.45, 2.75) is 20.3 Å². The Hall–Kier alpha value is -3.00. The van der Waals surface area contributed by atoms with Crippen LogP contribution in [0.5, 0.6) is 0 Å². The molecular formula is C21H24N6OS. The number of carbonyl (C=O) groups excluding carboxylic acids is 1. The van der Waals surface area contributed by atoms with Gasteiger partial charge in [0.05, 0.1) is 10.6 Å². The van der Waals surface area contributed by atoms with Crippen LogP contribution >= 0.6 is 11.3 Å². The van der Waals surface area contributed by atoms with Crippen LogP contribution in [0.2, 0.25) is 0 Å². The predicted octanol–water partition coefficient (Wildman–Crippen LogP) is 3.71. The average Bonchev–Trinajstić information content (AvgIpc) is 3.24. The number of nitrogens with zero attached hydrogens (tertiary/aromatic N) is 5. The Kier molecular flexibility index (Phi) is 5.71. The first-order chi connectivity index (χ1) is 14.1. The molecular weight excluding hydrogens is 384 g/mol. The lowest BCUT2D eigenvalue weighted by Gasteiger charge is -2.34. The molecule has 0 unspecified atom stereocenters. The quantitative estimate of drug-likeness (QED) is 0.694. The zero-order valence-corrected chi connectivity index (χ0v) is 17.4. The molecule has 0 spiro atoms. The molecule has 1 saturated heterocycles. The number of amides is 1. The fraction of sp³-hybridized carbons (Fsp3) is 0.333. The first-order valence-electron chi connectivity index (χ1n) is 9.78. The third-order valence-electron chi connectivity index (χ3n) is 4.87. The minimum absolute atomic E-state index is 0.223. The Bertz CT molecular complexity index is 996. The van der Waals surface area contributed by atoms with Crippen LogP contribution in [-0.4, -0.2) is 51.9 Å². The van der Waals surface area contributed by atoms with E-state index in [9.17, 15) is 4.79 Å². The molecule has 3 aromatic rings. The molecule has 7 nitrogen and oxygen atoms in total. The van der Waals surface area contributed by atoms with E-state index in [1.165, 1.54) is 0 Å². The van der Waals surface area contributed by atoms with Gasteiger partial charge in [-0.3, -0.25) is 4.79 Å². The number of piperazine rings is 1. The number of pyridine rings is 2. The Balaban J connectivity index is 1.45. The third kappa shape index (κ3) is 4.54. The molecule has 29 heavy (non-hydrogen) atoms. The van der Waals surface area contributed by atoms with E-state index in [0.717, 1.165) is 59.1 Å². The maximum Gasteiger partial charge on any atom is 0.222 e. The molecule has 0 bridgehead atoms. The summed E-state index contributed by atoms with van der Waals surface area (Å²) < 4.78 is 0. The van der Waals surface area contributed by atoms with Crippen molar-refractivity contribution < 1.29 is 4.79 Å². The summed E-state index contributed by atoms with van der Waals surface area (Å²) in [4.78, 5) is 30.7. The van der Waals surface area contributed by atoms with Crippen LogP contribution in [0.25, 0.3) is 10.6 Å². The smallest absolute Gasteiger partial charge is 0.222 e. The SMILES string of the molecule is CCC(=O)N1CCN(c2ncc(-c3cccc(Nc4cc(C)ccn4)n3)s2)CC1. The molecule has 1 aliphatic heterocycles. The van der Waals surface area contributed by atoms with Gasteiger partial charge in [-0.15, -0.1) is 0 Å². The summed E-state index contributed by atoms with van der Waals surface area (Å²) in [5.41, 5.74) is 2.03. The van der Waals surface area contributed by atoms with Crippen LogP contribution < -0.4 is 10.2 Å². The number of rotatable bonds is 5. The monoisotopic (exact) mass is 408 g/mol. The van der Waals surface area contributed by atoms with E-state index >= 15 is 0 Å². The maximum atomic E-state index is 11.9. The lowest BCUT2D eigenvalue weighted by atomic mass is 10.3. The molecule has 0 radical (unpaired) electrons. The summed E-state index contributed by atoms with van der Waals surface area (Å²) in [6, 6.07) is 9.85. The molecule has 1 amide bonds. The van der Waals surface area contributed by atoms with Crippen molar-refractivity contribution in [3.8, 4) is 10.6 Å². The van der Waals surface area contributed by atoms with Gasteiger partial charge in [-0.05, 0) is 36.8 Å². The molecule has 4 heterocycles. The summed E-state index contributed by atoms with van der Waals surface area (Å²) >= 11 is 1.63. The molecule has 150 valence electrons. The fourth-order valence-corrected chi connectivity index (χ4v) is 4.22. The van der Waals surface area contributed by atoms with Gasteiger partial charge in [0, 0.05) is 45.0 Å². The van der Waals surface area contributed by atoms with Gasteiger partial charge in [0.25, 0.3) is 0 Å². The van der Waals surface area contributed by atoms with E-state index in [0.29, 0.717) is 6.42 Å². The molecule has 1 aliphatic rings. The second-order valence-corrected chi connectivity index (χ2v) is 7.99. The fourth-order valence-electron chi connectivity index (χ4n) is 3.28. The van der Waals surface area contributed by atoms with Crippen LogP contribution in [0.4, 0.5) is 16.8 Å². The number of thiazole rings is 1. The van der Waals surface area contributed by atoms with Crippen molar-refractivity contribution in [1.29, 1.82) is 0 Å². The predicted molar refractivity (Wildman–Crippen MR) is 117 cm³/mol. The lowest BCUT2D eigenvalue weighted by molar-refractivity contribution is -0.131. The standard InChI is InChI=1S/C21H24N6OS/c1-3-20(28)26-9-11-27(12-10-26)21-23-14-17(29-21)16-5-4-6-18(24-16)25-19-13-15(2)7-8-22-19/h4-8,13-14H,3,9-12H2,1-2H3,(H,22,24,25). The number of anilines is 3. The van der Waals surface area contributed by atoms with E-state index in [-0.39, 0.29) is 5.91 Å². The van der Waals surface area contributed by atoms with E-state index in [2.05, 4.69) is 20.2 Å². The van der Waals surface area contributed by atoms with Gasteiger partial charge in [-0.2, -0.15) is 0 Å². The number of hydrogen-bond acceptors (Lipinski definition) is 7. The van der Waals surface area contributed by atoms with Gasteiger partial charge >= 0.3 is 0 Å². The molecule has 3 aromatic heterocycles. The van der Waals surface area contributed by atoms with Crippen molar-refractivity contribution >= 4 is 34.0 Å². The van der Waals surface area contributed by atoms with Crippen molar-refractivity contribution in [2.75, 3.05) is 36.4 Å². The van der Waals surface area contributed by atoms with Crippen molar-refractivity contribution in [3.05, 3.63) is 48.3 Å². The highest BCUT2D eigenvalue weighted by Crippen LogP contribution is 2.31. The van der Waals surface area contributed by atoms with Crippen molar-refractivity contribution in [3.63, 3.8) is 0 Å². The van der Waals surface area contributed by atoms with Gasteiger partial charge in [0.2, 0.25) is 5.91 Å². The van der Waals surface area contributed by atoms with Crippen LogP contribution in [0, 0.1) is 6.92 Å². The zero-order chi connectivity index (χ0) is 20.2. The van der Waals surface area contributed by atoms with E-state index in [1.807, 2.05) is 55.3 Å². The van der Waals surface area contributed by atoms with Crippen LogP contribution in [0.3, 0.4) is 0 Å². The second kappa shape index (κ2) is 8.57. The Labute approximate surface area is 174 Å². The number of carbonyl (C=O) groups is 1. The summed E-state index contributed by atoms with van der Waals surface area (Å²) in [6.45, 7) is 7.07. The zero-order valence-electron chi connectivity index (χ0n) is 16.6. The van der Waals surface area contributed by atoms with Crippen LogP contribution in [0.15, 0.2) is 42.7 Å². The Morgan fingerprint density at radius 1 is 1.14 bits per heavy atom. The summed E-state index contributed by atoms with van der Waals surface area (Å²) in [7, 11) is 0. The highest BCUT2D eigenvalue weighted by molar-refractivity contribution is 7.18. The minimum atomic E-state index is 0.223. The summed E-state index contributed by atoms with van der Waals surface area (Å²) in [5.74, 6) is 1.75. The Morgan fingerprint density at radius 2 is 1.97 bits per heavy atom. The van der Waals surface area contributed by atoms with E-state index in [4.69, 9.17) is 4.98 Å². The van der Waals surface area contributed by atoms with E-state index < -0.39 is 0 Å².